The van der Waals surface area contributed by atoms with Gasteiger partial charge in [-0.1, -0.05) is 42.5 Å². The van der Waals surface area contributed by atoms with Crippen LogP contribution in [0.2, 0.25) is 0 Å². The van der Waals surface area contributed by atoms with Gasteiger partial charge in [-0.25, -0.2) is 8.42 Å². The van der Waals surface area contributed by atoms with Gasteiger partial charge in [-0.15, -0.1) is 0 Å². The molecule has 0 saturated heterocycles. The van der Waals surface area contributed by atoms with Crippen LogP contribution in [-0.4, -0.2) is 20.5 Å². The fourth-order valence-corrected chi connectivity index (χ4v) is 4.36. The first-order chi connectivity index (χ1) is 9.62. The predicted octanol–water partition coefficient (Wildman–Crippen LogP) is 2.81. The summed E-state index contributed by atoms with van der Waals surface area (Å²) < 4.78 is 24.2. The molecule has 0 aromatic heterocycles. The summed E-state index contributed by atoms with van der Waals surface area (Å²) >= 11 is 0. The van der Waals surface area contributed by atoms with Crippen LogP contribution in [0, 0.1) is 0 Å². The second kappa shape index (κ2) is 4.87. The number of hydrogen-bond donors (Lipinski definition) is 0. The summed E-state index contributed by atoms with van der Waals surface area (Å²) in [5.74, 6) is 0.250. The largest absolute Gasteiger partial charge is 0.298 e. The molecule has 0 amide bonds. The maximum atomic E-state index is 12.1. The Morgan fingerprint density at radius 2 is 1.70 bits per heavy atom. The molecule has 0 saturated carbocycles. The molecule has 1 aliphatic rings. The molecule has 2 aromatic rings. The molecule has 0 radical (unpaired) electrons. The number of benzene rings is 2. The Morgan fingerprint density at radius 1 is 1.00 bits per heavy atom. The van der Waals surface area contributed by atoms with E-state index in [1.807, 2.05) is 24.3 Å². The minimum absolute atomic E-state index is 0.0791. The molecule has 0 aliphatic carbocycles. The van der Waals surface area contributed by atoms with E-state index in [9.17, 15) is 13.2 Å². The first-order valence-corrected chi connectivity index (χ1v) is 8.14. The Balaban J connectivity index is 2.09. The average Bonchev–Trinajstić information content (AvgIpc) is 2.48. The minimum atomic E-state index is -3.15. The smallest absolute Gasteiger partial charge is 0.178 e. The van der Waals surface area contributed by atoms with Gasteiger partial charge in [-0.05, 0) is 23.6 Å². The van der Waals surface area contributed by atoms with Gasteiger partial charge in [0.2, 0.25) is 0 Å². The van der Waals surface area contributed by atoms with Crippen LogP contribution >= 0.6 is 0 Å². The fraction of sp³-hybridized carbons (Fsp3) is 0.188. The number of carbonyl (C=O) groups excluding carboxylic acids is 1. The van der Waals surface area contributed by atoms with Crippen molar-refractivity contribution in [2.24, 2.45) is 0 Å². The molecule has 1 aliphatic heterocycles. The molecule has 4 heteroatoms. The van der Waals surface area contributed by atoms with E-state index in [2.05, 4.69) is 0 Å². The first kappa shape index (κ1) is 13.1. The molecule has 102 valence electrons. The van der Waals surface area contributed by atoms with Gasteiger partial charge in [0.15, 0.2) is 9.84 Å². The molecule has 1 atom stereocenters. The lowest BCUT2D eigenvalue weighted by atomic mass is 9.88. The molecular formula is C16H14O3S. The third-order valence-electron chi connectivity index (χ3n) is 3.78. The van der Waals surface area contributed by atoms with Crippen LogP contribution in [0.15, 0.2) is 53.4 Å². The maximum absolute atomic E-state index is 12.1. The quantitative estimate of drug-likeness (QED) is 0.798. The number of hydrogen-bond acceptors (Lipinski definition) is 3. The summed E-state index contributed by atoms with van der Waals surface area (Å²) in [5.41, 5.74) is 2.54. The van der Waals surface area contributed by atoms with E-state index in [0.717, 1.165) is 17.4 Å². The van der Waals surface area contributed by atoms with Crippen molar-refractivity contribution in [1.82, 2.24) is 0 Å². The average molecular weight is 286 g/mol. The lowest BCUT2D eigenvalue weighted by molar-refractivity contribution is 0.112. The number of rotatable bonds is 2. The predicted molar refractivity (Wildman–Crippen MR) is 76.8 cm³/mol. The van der Waals surface area contributed by atoms with E-state index >= 15 is 0 Å². The molecule has 0 spiro atoms. The number of aldehydes is 1. The van der Waals surface area contributed by atoms with Crippen molar-refractivity contribution in [3.8, 4) is 0 Å². The van der Waals surface area contributed by atoms with E-state index in [1.165, 1.54) is 0 Å². The van der Waals surface area contributed by atoms with Gasteiger partial charge in [0.25, 0.3) is 0 Å². The summed E-state index contributed by atoms with van der Waals surface area (Å²) in [6, 6.07) is 14.5. The molecule has 3 nitrogen and oxygen atoms in total. The van der Waals surface area contributed by atoms with Crippen LogP contribution in [0.25, 0.3) is 0 Å². The van der Waals surface area contributed by atoms with Gasteiger partial charge in [0.1, 0.15) is 6.29 Å². The van der Waals surface area contributed by atoms with Gasteiger partial charge in [-0.3, -0.25) is 4.79 Å². The van der Waals surface area contributed by atoms with Crippen molar-refractivity contribution >= 4 is 16.1 Å². The zero-order valence-corrected chi connectivity index (χ0v) is 11.6. The number of fused-ring (bicyclic) bond motifs is 1. The van der Waals surface area contributed by atoms with E-state index in [4.69, 9.17) is 0 Å². The fourth-order valence-electron chi connectivity index (χ4n) is 2.74. The molecule has 0 N–H and O–H groups in total. The van der Waals surface area contributed by atoms with Crippen LogP contribution < -0.4 is 0 Å². The Bertz CT molecular complexity index is 746. The van der Waals surface area contributed by atoms with Crippen LogP contribution in [0.3, 0.4) is 0 Å². The van der Waals surface area contributed by atoms with Crippen molar-refractivity contribution in [2.45, 2.75) is 17.2 Å². The molecule has 0 bridgehead atoms. The highest BCUT2D eigenvalue weighted by atomic mass is 32.2. The SMILES string of the molecule is O=Cc1ccc(C2CCS(=O)(=O)c3ccccc32)cc1. The molecule has 1 unspecified atom stereocenters. The Morgan fingerprint density at radius 3 is 2.40 bits per heavy atom. The van der Waals surface area contributed by atoms with E-state index in [0.29, 0.717) is 16.9 Å². The summed E-state index contributed by atoms with van der Waals surface area (Å²) in [6.07, 6.45) is 1.39. The number of carbonyl (C=O) groups is 1. The van der Waals surface area contributed by atoms with Crippen LogP contribution in [0.1, 0.15) is 33.8 Å². The monoisotopic (exact) mass is 286 g/mol. The van der Waals surface area contributed by atoms with Gasteiger partial charge in [-0.2, -0.15) is 0 Å². The van der Waals surface area contributed by atoms with Gasteiger partial charge in [0, 0.05) is 11.5 Å². The Kier molecular flexibility index (Phi) is 3.18. The third kappa shape index (κ3) is 2.16. The van der Waals surface area contributed by atoms with Crippen LogP contribution in [0.4, 0.5) is 0 Å². The van der Waals surface area contributed by atoms with E-state index < -0.39 is 9.84 Å². The Hall–Kier alpha value is -1.94. The zero-order chi connectivity index (χ0) is 14.2. The topological polar surface area (TPSA) is 51.2 Å². The van der Waals surface area contributed by atoms with E-state index in [-0.39, 0.29) is 11.7 Å². The van der Waals surface area contributed by atoms with Gasteiger partial charge < -0.3 is 0 Å². The molecule has 3 rings (SSSR count). The first-order valence-electron chi connectivity index (χ1n) is 6.48. The van der Waals surface area contributed by atoms with Crippen molar-refractivity contribution < 1.29 is 13.2 Å². The standard InChI is InChI=1S/C16H14O3S/c17-11-12-5-7-13(8-6-12)14-9-10-20(18,19)16-4-2-1-3-15(14)16/h1-8,11,14H,9-10H2. The van der Waals surface area contributed by atoms with Gasteiger partial charge in [0.05, 0.1) is 10.6 Å². The molecule has 0 fully saturated rings. The normalized spacial score (nSPS) is 20.1. The molecular weight excluding hydrogens is 272 g/mol. The summed E-state index contributed by atoms with van der Waals surface area (Å²) in [4.78, 5) is 11.1. The summed E-state index contributed by atoms with van der Waals surface area (Å²) in [7, 11) is -3.15. The highest BCUT2D eigenvalue weighted by Gasteiger charge is 2.30. The molecule has 2 aromatic carbocycles. The van der Waals surface area contributed by atoms with Crippen LogP contribution in [-0.2, 0) is 9.84 Å². The van der Waals surface area contributed by atoms with Crippen molar-refractivity contribution in [3.63, 3.8) is 0 Å². The maximum Gasteiger partial charge on any atom is 0.178 e. The zero-order valence-electron chi connectivity index (χ0n) is 10.8. The Labute approximate surface area is 118 Å². The third-order valence-corrected chi connectivity index (χ3v) is 5.59. The minimum Gasteiger partial charge on any atom is -0.298 e. The van der Waals surface area contributed by atoms with Crippen molar-refractivity contribution in [2.75, 3.05) is 5.75 Å². The highest BCUT2D eigenvalue weighted by molar-refractivity contribution is 7.91. The van der Waals surface area contributed by atoms with Gasteiger partial charge >= 0.3 is 0 Å². The van der Waals surface area contributed by atoms with Crippen molar-refractivity contribution in [1.29, 1.82) is 0 Å². The highest BCUT2D eigenvalue weighted by Crippen LogP contribution is 2.37. The van der Waals surface area contributed by atoms with E-state index in [1.54, 1.807) is 24.3 Å². The van der Waals surface area contributed by atoms with Crippen LogP contribution in [0.5, 0.6) is 0 Å². The molecule has 20 heavy (non-hydrogen) atoms. The summed E-state index contributed by atoms with van der Waals surface area (Å²) in [6.45, 7) is 0. The molecule has 1 heterocycles. The summed E-state index contributed by atoms with van der Waals surface area (Å²) in [5, 5.41) is 0. The second-order valence-electron chi connectivity index (χ2n) is 4.98. The lowest BCUT2D eigenvalue weighted by Gasteiger charge is -2.25. The second-order valence-corrected chi connectivity index (χ2v) is 7.06. The lowest BCUT2D eigenvalue weighted by Crippen LogP contribution is -2.20. The van der Waals surface area contributed by atoms with Crippen molar-refractivity contribution in [3.05, 3.63) is 65.2 Å². The number of sulfone groups is 1.